The van der Waals surface area contributed by atoms with E-state index in [1.165, 1.54) is 0 Å². The molecule has 1 aliphatic heterocycles. The zero-order valence-electron chi connectivity index (χ0n) is 13.1. The molecule has 124 valence electrons. The minimum absolute atomic E-state index is 0.129. The predicted molar refractivity (Wildman–Crippen MR) is 82.9 cm³/mol. The molecule has 0 amide bonds. The summed E-state index contributed by atoms with van der Waals surface area (Å²) in [7, 11) is 0. The maximum Gasteiger partial charge on any atom is 0.416 e. The molecule has 1 saturated heterocycles. The normalized spacial score (nSPS) is 26.7. The molecule has 0 saturated carbocycles. The molecule has 2 atom stereocenters. The molecule has 0 spiro atoms. The molecular weight excluding hydrogens is 303 g/mol. The van der Waals surface area contributed by atoms with E-state index in [-0.39, 0.29) is 23.1 Å². The number of nitrogens with one attached hydrogen (secondary N) is 1. The molecule has 23 heavy (non-hydrogen) atoms. The maximum absolute atomic E-state index is 12.7. The first-order valence-electron chi connectivity index (χ1n) is 7.72. The molecular formula is C18H20F3NO. The molecule has 2 N–H and O–H groups in total. The first-order chi connectivity index (χ1) is 10.7. The summed E-state index contributed by atoms with van der Waals surface area (Å²) in [5.41, 5.74) is 1.09. The molecule has 1 heterocycles. The van der Waals surface area contributed by atoms with Crippen molar-refractivity contribution in [3.05, 3.63) is 59.0 Å². The number of alkyl halides is 3. The van der Waals surface area contributed by atoms with E-state index in [0.29, 0.717) is 6.42 Å². The average Bonchev–Trinajstić information content (AvgIpc) is 2.44. The Morgan fingerprint density at radius 3 is 2.39 bits per heavy atom. The van der Waals surface area contributed by atoms with Gasteiger partial charge >= 0.3 is 6.18 Å². The van der Waals surface area contributed by atoms with Crippen LogP contribution in [0.2, 0.25) is 0 Å². The fraction of sp³-hybridized carbons (Fsp3) is 0.444. The van der Waals surface area contributed by atoms with E-state index >= 15 is 0 Å². The average molecular weight is 323 g/mol. The number of aliphatic hydroxyl groups excluding tert-OH is 1. The molecule has 5 heteroatoms. The van der Waals surface area contributed by atoms with Gasteiger partial charge in [-0.15, -0.1) is 0 Å². The van der Waals surface area contributed by atoms with Crippen LogP contribution in [-0.2, 0) is 6.18 Å². The smallest absolute Gasteiger partial charge is 0.416 e. The summed E-state index contributed by atoms with van der Waals surface area (Å²) in [5, 5.41) is 13.2. The Hall–Kier alpha value is -1.91. The quantitative estimate of drug-likeness (QED) is 0.770. The first-order valence-corrected chi connectivity index (χ1v) is 7.72. The van der Waals surface area contributed by atoms with E-state index in [1.54, 1.807) is 24.3 Å². The van der Waals surface area contributed by atoms with Gasteiger partial charge in [0.05, 0.1) is 5.56 Å². The van der Waals surface area contributed by atoms with Gasteiger partial charge in [-0.1, -0.05) is 12.1 Å². The summed E-state index contributed by atoms with van der Waals surface area (Å²) >= 11 is 0. The lowest BCUT2D eigenvalue weighted by Gasteiger charge is -2.45. The van der Waals surface area contributed by atoms with Crippen molar-refractivity contribution in [3.63, 3.8) is 0 Å². The Labute approximate surface area is 133 Å². The summed E-state index contributed by atoms with van der Waals surface area (Å²) in [6, 6.07) is 5.49. The second kappa shape index (κ2) is 5.32. The lowest BCUT2D eigenvalue weighted by Crippen LogP contribution is -2.48. The number of rotatable bonds is 1. The van der Waals surface area contributed by atoms with Crippen molar-refractivity contribution in [2.45, 2.75) is 44.3 Å². The summed E-state index contributed by atoms with van der Waals surface area (Å²) in [6.45, 7) is 4.13. The van der Waals surface area contributed by atoms with Crippen LogP contribution in [0.15, 0.2) is 47.9 Å². The number of aliphatic hydroxyl groups is 1. The summed E-state index contributed by atoms with van der Waals surface area (Å²) in [4.78, 5) is 0. The van der Waals surface area contributed by atoms with E-state index in [2.05, 4.69) is 19.2 Å². The Bertz CT molecular complexity index is 656. The second-order valence-corrected chi connectivity index (χ2v) is 7.01. The minimum atomic E-state index is -4.31. The Morgan fingerprint density at radius 2 is 1.78 bits per heavy atom. The number of hydrogen-bond acceptors (Lipinski definition) is 2. The van der Waals surface area contributed by atoms with Gasteiger partial charge in [-0.05, 0) is 62.5 Å². The third-order valence-electron chi connectivity index (χ3n) is 4.65. The van der Waals surface area contributed by atoms with Crippen LogP contribution in [0.5, 0.6) is 0 Å². The standard InChI is InChI=1S/C18H20F3NO/c1-17(2)10-15(14-8-7-13(23)9-16(14)22-17)11-3-5-12(6-4-11)18(19,20)21/h3-7,9,14-15,22-23H,8,10H2,1-2H3. The molecule has 1 fully saturated rings. The van der Waals surface area contributed by atoms with Crippen molar-refractivity contribution in [3.8, 4) is 0 Å². The monoisotopic (exact) mass is 323 g/mol. The molecule has 3 rings (SSSR count). The van der Waals surface area contributed by atoms with E-state index in [1.807, 2.05) is 0 Å². The van der Waals surface area contributed by atoms with Gasteiger partial charge in [-0.3, -0.25) is 0 Å². The van der Waals surface area contributed by atoms with Crippen molar-refractivity contribution in [2.75, 3.05) is 0 Å². The zero-order valence-corrected chi connectivity index (χ0v) is 13.1. The van der Waals surface area contributed by atoms with Gasteiger partial charge < -0.3 is 10.4 Å². The van der Waals surface area contributed by atoms with Crippen LogP contribution in [-0.4, -0.2) is 10.6 Å². The van der Waals surface area contributed by atoms with Gasteiger partial charge in [0.15, 0.2) is 0 Å². The first kappa shape index (κ1) is 16.0. The highest BCUT2D eigenvalue weighted by atomic mass is 19.4. The van der Waals surface area contributed by atoms with Crippen LogP contribution in [0.4, 0.5) is 13.2 Å². The molecule has 0 aromatic heterocycles. The van der Waals surface area contributed by atoms with Gasteiger partial charge in [0.2, 0.25) is 0 Å². The molecule has 0 bridgehead atoms. The zero-order chi connectivity index (χ0) is 16.8. The highest BCUT2D eigenvalue weighted by molar-refractivity contribution is 5.35. The fourth-order valence-electron chi connectivity index (χ4n) is 3.61. The van der Waals surface area contributed by atoms with E-state index in [9.17, 15) is 18.3 Å². The lowest BCUT2D eigenvalue weighted by atomic mass is 9.70. The lowest BCUT2D eigenvalue weighted by molar-refractivity contribution is -0.137. The molecule has 1 aromatic carbocycles. The van der Waals surface area contributed by atoms with Crippen molar-refractivity contribution in [1.82, 2.24) is 5.32 Å². The van der Waals surface area contributed by atoms with Crippen LogP contribution in [0.25, 0.3) is 0 Å². The second-order valence-electron chi connectivity index (χ2n) is 7.01. The van der Waals surface area contributed by atoms with E-state index in [0.717, 1.165) is 29.8 Å². The van der Waals surface area contributed by atoms with Gasteiger partial charge in [-0.2, -0.15) is 13.2 Å². The number of benzene rings is 1. The highest BCUT2D eigenvalue weighted by Crippen LogP contribution is 2.45. The SMILES string of the molecule is CC1(C)CC(c2ccc(C(F)(F)F)cc2)C2CC=C(O)C=C2N1. The van der Waals surface area contributed by atoms with Crippen LogP contribution in [0.1, 0.15) is 43.7 Å². The van der Waals surface area contributed by atoms with Gasteiger partial charge in [0, 0.05) is 17.2 Å². The van der Waals surface area contributed by atoms with Gasteiger partial charge in [-0.25, -0.2) is 0 Å². The Kier molecular flexibility index (Phi) is 3.69. The summed E-state index contributed by atoms with van der Waals surface area (Å²) in [5.74, 6) is 0.535. The molecule has 2 unspecified atom stereocenters. The summed E-state index contributed by atoms with van der Waals surface area (Å²) in [6.07, 6.45) is 0.704. The Balaban J connectivity index is 1.93. The van der Waals surface area contributed by atoms with Gasteiger partial charge in [0.25, 0.3) is 0 Å². The number of fused-ring (bicyclic) bond motifs is 1. The summed E-state index contributed by atoms with van der Waals surface area (Å²) < 4.78 is 38.2. The van der Waals surface area contributed by atoms with Crippen LogP contribution in [0.3, 0.4) is 0 Å². The molecule has 2 aliphatic rings. The third kappa shape index (κ3) is 3.23. The van der Waals surface area contributed by atoms with Crippen molar-refractivity contribution in [2.24, 2.45) is 5.92 Å². The number of halogens is 3. The molecule has 2 nitrogen and oxygen atoms in total. The van der Waals surface area contributed by atoms with Crippen molar-refractivity contribution >= 4 is 0 Å². The predicted octanol–water partition coefficient (Wildman–Crippen LogP) is 4.91. The van der Waals surface area contributed by atoms with Gasteiger partial charge in [0.1, 0.15) is 5.76 Å². The molecule has 1 aromatic rings. The largest absolute Gasteiger partial charge is 0.508 e. The van der Waals surface area contributed by atoms with E-state index < -0.39 is 11.7 Å². The maximum atomic E-state index is 12.7. The van der Waals surface area contributed by atoms with E-state index in [4.69, 9.17) is 0 Å². The Morgan fingerprint density at radius 1 is 1.13 bits per heavy atom. The van der Waals surface area contributed by atoms with Crippen molar-refractivity contribution in [1.29, 1.82) is 0 Å². The molecule has 1 aliphatic carbocycles. The molecule has 0 radical (unpaired) electrons. The fourth-order valence-corrected chi connectivity index (χ4v) is 3.61. The van der Waals surface area contributed by atoms with Crippen LogP contribution >= 0.6 is 0 Å². The highest BCUT2D eigenvalue weighted by Gasteiger charge is 2.39. The number of hydrogen-bond donors (Lipinski definition) is 2. The number of piperidine rings is 1. The topological polar surface area (TPSA) is 32.3 Å². The third-order valence-corrected chi connectivity index (χ3v) is 4.65. The van der Waals surface area contributed by atoms with Crippen LogP contribution in [0, 0.1) is 5.92 Å². The number of allylic oxidation sites excluding steroid dienone is 3. The van der Waals surface area contributed by atoms with Crippen LogP contribution < -0.4 is 5.32 Å². The minimum Gasteiger partial charge on any atom is -0.508 e. The van der Waals surface area contributed by atoms with Crippen molar-refractivity contribution < 1.29 is 18.3 Å².